The number of hydrogen-bond donors (Lipinski definition) is 2. The lowest BCUT2D eigenvalue weighted by atomic mass is 9.97. The van der Waals surface area contributed by atoms with Crippen LogP contribution in [0.1, 0.15) is 146 Å². The maximum Gasteiger partial charge on any atom is 0.118 e. The van der Waals surface area contributed by atoms with Crippen molar-refractivity contribution in [2.24, 2.45) is 0 Å². The molecule has 2 heteroatoms. The van der Waals surface area contributed by atoms with Crippen LogP contribution in [-0.2, 0) is 12.8 Å². The monoisotopic (exact) mass is 560 g/mol. The van der Waals surface area contributed by atoms with E-state index < -0.39 is 0 Å². The molecule has 228 valence electrons. The van der Waals surface area contributed by atoms with Gasteiger partial charge < -0.3 is 10.2 Å². The second kappa shape index (κ2) is 19.6. The molecule has 2 nitrogen and oxygen atoms in total. The average molecular weight is 561 g/mol. The molecule has 0 aromatic heterocycles. The highest BCUT2D eigenvalue weighted by Gasteiger charge is 2.05. The topological polar surface area (TPSA) is 40.5 Å². The molecule has 41 heavy (non-hydrogen) atoms. The number of aryl methyl sites for hydroxylation is 2. The average Bonchev–Trinajstić information content (AvgIpc) is 2.94. The molecule has 0 bridgehead atoms. The van der Waals surface area contributed by atoms with E-state index in [1.807, 2.05) is 38.1 Å². The standard InChI is InChI=1S/C39H60O2/c1-30(34(5)26-36-24-22-32(3)38(40)28-36)20-18-16-14-12-10-8-7-9-11-13-15-17-19-21-31(2)35(6)27-37-25-23-33(4)39(41)29-37/h22-25,28-29,40-41H,7-21,26-27H2,1-6H3/b34-30+,35-31+. The Balaban J connectivity index is 1.41. The molecule has 0 spiro atoms. The van der Waals surface area contributed by atoms with Crippen LogP contribution >= 0.6 is 0 Å². The predicted molar refractivity (Wildman–Crippen MR) is 179 cm³/mol. The first-order valence-corrected chi connectivity index (χ1v) is 16.5. The summed E-state index contributed by atoms with van der Waals surface area (Å²) in [7, 11) is 0. The number of phenols is 2. The Morgan fingerprint density at radius 2 is 0.732 bits per heavy atom. The van der Waals surface area contributed by atoms with Crippen molar-refractivity contribution in [1.29, 1.82) is 0 Å². The number of unbranched alkanes of at least 4 members (excludes halogenated alkanes) is 12. The van der Waals surface area contributed by atoms with Crippen molar-refractivity contribution >= 4 is 0 Å². The molecule has 0 heterocycles. The number of benzene rings is 2. The van der Waals surface area contributed by atoms with Crippen LogP contribution in [0.4, 0.5) is 0 Å². The Hall–Kier alpha value is -2.48. The summed E-state index contributed by atoms with van der Waals surface area (Å²) in [6, 6.07) is 12.1. The van der Waals surface area contributed by atoms with Crippen molar-refractivity contribution < 1.29 is 10.2 Å². The third kappa shape index (κ3) is 14.3. The zero-order valence-electron chi connectivity index (χ0n) is 27.4. The predicted octanol–water partition coefficient (Wildman–Crippen LogP) is 12.0. The summed E-state index contributed by atoms with van der Waals surface area (Å²) in [5, 5.41) is 19.9. The largest absolute Gasteiger partial charge is 0.508 e. The van der Waals surface area contributed by atoms with Crippen LogP contribution in [0.5, 0.6) is 11.5 Å². The molecule has 0 unspecified atom stereocenters. The van der Waals surface area contributed by atoms with Gasteiger partial charge in [-0.05, 0) is 114 Å². The van der Waals surface area contributed by atoms with Gasteiger partial charge in [-0.2, -0.15) is 0 Å². The molecule has 0 radical (unpaired) electrons. The smallest absolute Gasteiger partial charge is 0.118 e. The summed E-state index contributed by atoms with van der Waals surface area (Å²) in [4.78, 5) is 0. The molecule has 0 atom stereocenters. The molecule has 0 aliphatic rings. The van der Waals surface area contributed by atoms with E-state index in [1.165, 1.54) is 130 Å². The second-order valence-corrected chi connectivity index (χ2v) is 12.8. The van der Waals surface area contributed by atoms with Gasteiger partial charge in [0.1, 0.15) is 11.5 Å². The molecule has 0 aliphatic heterocycles. The number of rotatable bonds is 20. The van der Waals surface area contributed by atoms with Crippen molar-refractivity contribution in [1.82, 2.24) is 0 Å². The van der Waals surface area contributed by atoms with E-state index in [0.29, 0.717) is 11.5 Å². The molecule has 0 saturated heterocycles. The number of aromatic hydroxyl groups is 2. The Morgan fingerprint density at radius 1 is 0.439 bits per heavy atom. The van der Waals surface area contributed by atoms with Crippen molar-refractivity contribution in [3.8, 4) is 11.5 Å². The van der Waals surface area contributed by atoms with Crippen molar-refractivity contribution in [2.45, 2.75) is 151 Å². The van der Waals surface area contributed by atoms with E-state index in [9.17, 15) is 10.2 Å². The van der Waals surface area contributed by atoms with E-state index in [4.69, 9.17) is 0 Å². The number of allylic oxidation sites excluding steroid dienone is 4. The van der Waals surface area contributed by atoms with Crippen molar-refractivity contribution in [3.63, 3.8) is 0 Å². The maximum atomic E-state index is 9.95. The van der Waals surface area contributed by atoms with Gasteiger partial charge in [-0.15, -0.1) is 0 Å². The lowest BCUT2D eigenvalue weighted by Gasteiger charge is -2.10. The van der Waals surface area contributed by atoms with E-state index in [0.717, 1.165) is 24.0 Å². The normalized spacial score (nSPS) is 12.8. The maximum absolute atomic E-state index is 9.95. The fourth-order valence-electron chi connectivity index (χ4n) is 5.60. The van der Waals surface area contributed by atoms with Crippen LogP contribution in [0, 0.1) is 13.8 Å². The van der Waals surface area contributed by atoms with Crippen LogP contribution < -0.4 is 0 Å². The zero-order valence-corrected chi connectivity index (χ0v) is 27.4. The Labute approximate surface area is 253 Å². The molecule has 0 amide bonds. The summed E-state index contributed by atoms with van der Waals surface area (Å²) in [5.41, 5.74) is 10.2. The van der Waals surface area contributed by atoms with Gasteiger partial charge in [-0.25, -0.2) is 0 Å². The van der Waals surface area contributed by atoms with Gasteiger partial charge in [0, 0.05) is 0 Å². The minimum absolute atomic E-state index is 0.409. The highest BCUT2D eigenvalue weighted by molar-refractivity contribution is 5.38. The van der Waals surface area contributed by atoms with E-state index in [2.05, 4.69) is 39.8 Å². The Bertz CT molecular complexity index is 1020. The SMILES string of the molecule is C/C(CCCCCCCCCCCCCCC/C(C)=C(\C)Cc1ccc(C)c(O)c1)=C(/C)Cc1ccc(C)c(O)c1. The van der Waals surface area contributed by atoms with Gasteiger partial charge >= 0.3 is 0 Å². The molecule has 0 fully saturated rings. The molecular weight excluding hydrogens is 500 g/mol. The summed E-state index contributed by atoms with van der Waals surface area (Å²) in [5.74, 6) is 0.818. The van der Waals surface area contributed by atoms with Crippen LogP contribution in [0.15, 0.2) is 58.7 Å². The fourth-order valence-corrected chi connectivity index (χ4v) is 5.60. The van der Waals surface area contributed by atoms with E-state index >= 15 is 0 Å². The third-order valence-electron chi connectivity index (χ3n) is 9.05. The first kappa shape index (κ1) is 34.7. The number of phenolic OH excluding ortho intramolecular Hbond substituents is 2. The van der Waals surface area contributed by atoms with E-state index in [1.54, 1.807) is 0 Å². The van der Waals surface area contributed by atoms with Gasteiger partial charge in [0.2, 0.25) is 0 Å². The molecule has 2 aromatic carbocycles. The lowest BCUT2D eigenvalue weighted by Crippen LogP contribution is -1.92. The minimum atomic E-state index is 0.409. The van der Waals surface area contributed by atoms with Crippen molar-refractivity contribution in [2.75, 3.05) is 0 Å². The Morgan fingerprint density at radius 3 is 1.02 bits per heavy atom. The minimum Gasteiger partial charge on any atom is -0.508 e. The van der Waals surface area contributed by atoms with Crippen molar-refractivity contribution in [3.05, 3.63) is 80.9 Å². The van der Waals surface area contributed by atoms with Gasteiger partial charge in [0.15, 0.2) is 0 Å². The van der Waals surface area contributed by atoms with Gasteiger partial charge in [-0.3, -0.25) is 0 Å². The van der Waals surface area contributed by atoms with Crippen LogP contribution in [0.25, 0.3) is 0 Å². The number of hydrogen-bond acceptors (Lipinski definition) is 2. The fraction of sp³-hybridized carbons (Fsp3) is 0.590. The highest BCUT2D eigenvalue weighted by Crippen LogP contribution is 2.24. The van der Waals surface area contributed by atoms with Crippen LogP contribution in [0.2, 0.25) is 0 Å². The van der Waals surface area contributed by atoms with E-state index in [-0.39, 0.29) is 0 Å². The summed E-state index contributed by atoms with van der Waals surface area (Å²) in [6.07, 6.45) is 22.1. The van der Waals surface area contributed by atoms with Gasteiger partial charge in [0.25, 0.3) is 0 Å². The molecule has 2 rings (SSSR count). The van der Waals surface area contributed by atoms with Gasteiger partial charge in [0.05, 0.1) is 0 Å². The van der Waals surface area contributed by atoms with Gasteiger partial charge in [-0.1, -0.05) is 117 Å². The Kier molecular flexibility index (Phi) is 16.6. The van der Waals surface area contributed by atoms with Crippen LogP contribution in [0.3, 0.4) is 0 Å². The first-order valence-electron chi connectivity index (χ1n) is 16.5. The first-order chi connectivity index (χ1) is 19.7. The third-order valence-corrected chi connectivity index (χ3v) is 9.05. The summed E-state index contributed by atoms with van der Waals surface area (Å²) < 4.78 is 0. The molecule has 2 N–H and O–H groups in total. The quantitative estimate of drug-likeness (QED) is 0.125. The molecule has 0 aliphatic carbocycles. The summed E-state index contributed by atoms with van der Waals surface area (Å²) >= 11 is 0. The molecule has 0 saturated carbocycles. The zero-order chi connectivity index (χ0) is 30.0. The van der Waals surface area contributed by atoms with Crippen LogP contribution in [-0.4, -0.2) is 10.2 Å². The lowest BCUT2D eigenvalue weighted by molar-refractivity contribution is 0.470. The highest BCUT2D eigenvalue weighted by atomic mass is 16.3. The summed E-state index contributed by atoms with van der Waals surface area (Å²) in [6.45, 7) is 12.9. The second-order valence-electron chi connectivity index (χ2n) is 12.8. The molecule has 2 aromatic rings. The molecular formula is C39H60O2.